The quantitative estimate of drug-likeness (QED) is 0.848. The molecule has 1 unspecified atom stereocenters. The molecule has 7 heteroatoms. The summed E-state index contributed by atoms with van der Waals surface area (Å²) in [7, 11) is -3.51. The van der Waals surface area contributed by atoms with Gasteiger partial charge in [0.1, 0.15) is 11.1 Å². The van der Waals surface area contributed by atoms with E-state index in [4.69, 9.17) is 5.73 Å². The Kier molecular flexibility index (Phi) is 5.64. The van der Waals surface area contributed by atoms with Gasteiger partial charge in [0.25, 0.3) is 0 Å². The topological polar surface area (TPSA) is 80.5 Å². The highest BCUT2D eigenvalue weighted by molar-refractivity contribution is 7.92. The van der Waals surface area contributed by atoms with E-state index in [1.54, 1.807) is 6.07 Å². The molecule has 5 nitrogen and oxygen atoms in total. The second kappa shape index (κ2) is 6.81. The summed E-state index contributed by atoms with van der Waals surface area (Å²) in [6, 6.07) is 5.49. The Balaban J connectivity index is 3.09. The van der Waals surface area contributed by atoms with Crippen LogP contribution in [-0.4, -0.2) is 38.9 Å². The van der Waals surface area contributed by atoms with Crippen molar-refractivity contribution in [1.29, 1.82) is 0 Å². The van der Waals surface area contributed by atoms with E-state index in [2.05, 4.69) is 0 Å². The molecule has 0 heterocycles. The molecule has 0 saturated carbocycles. The molecule has 2 N–H and O–H groups in total. The minimum absolute atomic E-state index is 0.249. The molecular formula is C13H19FN2O3S. The fraction of sp³-hybridized carbons (Fsp3) is 0.462. The Labute approximate surface area is 118 Å². The van der Waals surface area contributed by atoms with Gasteiger partial charge in [0.2, 0.25) is 5.91 Å². The van der Waals surface area contributed by atoms with Gasteiger partial charge in [0.05, 0.1) is 0 Å². The van der Waals surface area contributed by atoms with Crippen molar-refractivity contribution in [2.45, 2.75) is 18.6 Å². The van der Waals surface area contributed by atoms with E-state index in [0.717, 1.165) is 6.26 Å². The smallest absolute Gasteiger partial charge is 0.245 e. The van der Waals surface area contributed by atoms with Gasteiger partial charge in [-0.25, -0.2) is 12.8 Å². The Morgan fingerprint density at radius 3 is 2.60 bits per heavy atom. The van der Waals surface area contributed by atoms with Crippen molar-refractivity contribution in [3.63, 3.8) is 0 Å². The van der Waals surface area contributed by atoms with Crippen LogP contribution in [0, 0.1) is 5.82 Å². The predicted molar refractivity (Wildman–Crippen MR) is 76.7 cm³/mol. The number of rotatable bonds is 6. The number of nitrogens with two attached hydrogens (primary N) is 1. The van der Waals surface area contributed by atoms with Crippen LogP contribution in [-0.2, 0) is 14.6 Å². The van der Waals surface area contributed by atoms with Crippen LogP contribution in [0.1, 0.15) is 13.3 Å². The van der Waals surface area contributed by atoms with E-state index in [1.807, 2.05) is 0 Å². The van der Waals surface area contributed by atoms with Crippen LogP contribution in [0.2, 0.25) is 0 Å². The molecule has 0 fully saturated rings. The van der Waals surface area contributed by atoms with Crippen LogP contribution >= 0.6 is 0 Å². The molecule has 1 amide bonds. The number of anilines is 1. The SMILES string of the molecule is CC(C(=O)N(CCCN)c1cccc(F)c1)S(C)(=O)=O. The van der Waals surface area contributed by atoms with Crippen LogP contribution in [0.15, 0.2) is 24.3 Å². The van der Waals surface area contributed by atoms with E-state index in [0.29, 0.717) is 18.7 Å². The normalized spacial score (nSPS) is 13.0. The minimum Gasteiger partial charge on any atom is -0.330 e. The van der Waals surface area contributed by atoms with Gasteiger partial charge >= 0.3 is 0 Å². The minimum atomic E-state index is -3.51. The summed E-state index contributed by atoms with van der Waals surface area (Å²) in [5, 5.41) is -1.18. The fourth-order valence-electron chi connectivity index (χ4n) is 1.66. The van der Waals surface area contributed by atoms with Gasteiger partial charge < -0.3 is 10.6 Å². The summed E-state index contributed by atoms with van der Waals surface area (Å²) < 4.78 is 36.3. The van der Waals surface area contributed by atoms with Gasteiger partial charge in [-0.15, -0.1) is 0 Å². The lowest BCUT2D eigenvalue weighted by molar-refractivity contribution is -0.118. The van der Waals surface area contributed by atoms with Gasteiger partial charge in [-0.3, -0.25) is 4.79 Å². The zero-order chi connectivity index (χ0) is 15.3. The van der Waals surface area contributed by atoms with Crippen molar-refractivity contribution in [3.8, 4) is 0 Å². The number of benzene rings is 1. The fourth-order valence-corrected chi connectivity index (χ4v) is 2.16. The van der Waals surface area contributed by atoms with Crippen LogP contribution in [0.3, 0.4) is 0 Å². The van der Waals surface area contributed by atoms with Gasteiger partial charge in [0, 0.05) is 18.5 Å². The van der Waals surface area contributed by atoms with Crippen molar-refractivity contribution >= 4 is 21.4 Å². The zero-order valence-corrected chi connectivity index (χ0v) is 12.4. The Morgan fingerprint density at radius 2 is 2.10 bits per heavy atom. The molecule has 112 valence electrons. The molecule has 1 aromatic carbocycles. The Morgan fingerprint density at radius 1 is 1.45 bits per heavy atom. The maximum absolute atomic E-state index is 13.3. The third-order valence-electron chi connectivity index (χ3n) is 2.96. The lowest BCUT2D eigenvalue weighted by Gasteiger charge is -2.25. The Bertz CT molecular complexity index is 575. The molecule has 0 radical (unpaired) electrons. The number of carbonyl (C=O) groups is 1. The maximum atomic E-state index is 13.3. The van der Waals surface area contributed by atoms with Gasteiger partial charge in [-0.1, -0.05) is 6.07 Å². The van der Waals surface area contributed by atoms with Crippen LogP contribution in [0.25, 0.3) is 0 Å². The molecule has 0 aliphatic rings. The predicted octanol–water partition coefficient (Wildman–Crippen LogP) is 0.941. The van der Waals surface area contributed by atoms with Crippen LogP contribution in [0.5, 0.6) is 0 Å². The van der Waals surface area contributed by atoms with Crippen LogP contribution < -0.4 is 10.6 Å². The average molecular weight is 302 g/mol. The average Bonchev–Trinajstić information content (AvgIpc) is 2.37. The van der Waals surface area contributed by atoms with Gasteiger partial charge in [-0.05, 0) is 38.1 Å². The van der Waals surface area contributed by atoms with E-state index in [1.165, 1.54) is 30.0 Å². The molecule has 1 rings (SSSR count). The molecule has 0 saturated heterocycles. The molecule has 0 bridgehead atoms. The van der Waals surface area contributed by atoms with E-state index >= 15 is 0 Å². The maximum Gasteiger partial charge on any atom is 0.245 e. The number of amides is 1. The molecule has 0 aromatic heterocycles. The van der Waals surface area contributed by atoms with Gasteiger partial charge in [-0.2, -0.15) is 0 Å². The van der Waals surface area contributed by atoms with E-state index in [9.17, 15) is 17.6 Å². The molecule has 1 atom stereocenters. The highest BCUT2D eigenvalue weighted by Gasteiger charge is 2.29. The zero-order valence-electron chi connectivity index (χ0n) is 11.5. The number of hydrogen-bond donors (Lipinski definition) is 1. The van der Waals surface area contributed by atoms with Crippen molar-refractivity contribution in [3.05, 3.63) is 30.1 Å². The van der Waals surface area contributed by atoms with E-state index in [-0.39, 0.29) is 6.54 Å². The van der Waals surface area contributed by atoms with Crippen molar-refractivity contribution < 1.29 is 17.6 Å². The van der Waals surface area contributed by atoms with Crippen LogP contribution in [0.4, 0.5) is 10.1 Å². The number of nitrogens with zero attached hydrogens (tertiary/aromatic N) is 1. The molecule has 0 spiro atoms. The summed E-state index contributed by atoms with van der Waals surface area (Å²) in [6.45, 7) is 1.93. The molecule has 0 aliphatic heterocycles. The highest BCUT2D eigenvalue weighted by atomic mass is 32.2. The van der Waals surface area contributed by atoms with E-state index < -0.39 is 26.8 Å². The number of hydrogen-bond acceptors (Lipinski definition) is 4. The summed E-state index contributed by atoms with van der Waals surface area (Å²) in [4.78, 5) is 13.6. The second-order valence-electron chi connectivity index (χ2n) is 4.58. The van der Waals surface area contributed by atoms with Crippen molar-refractivity contribution in [2.75, 3.05) is 24.2 Å². The molecule has 1 aromatic rings. The number of halogens is 1. The third-order valence-corrected chi connectivity index (χ3v) is 4.45. The molecule has 20 heavy (non-hydrogen) atoms. The van der Waals surface area contributed by atoms with Gasteiger partial charge in [0.15, 0.2) is 9.84 Å². The lowest BCUT2D eigenvalue weighted by Crippen LogP contribution is -2.42. The summed E-state index contributed by atoms with van der Waals surface area (Å²) in [6.07, 6.45) is 1.50. The lowest BCUT2D eigenvalue weighted by atomic mass is 10.2. The van der Waals surface area contributed by atoms with Crippen molar-refractivity contribution in [1.82, 2.24) is 0 Å². The molecule has 0 aliphatic carbocycles. The largest absolute Gasteiger partial charge is 0.330 e. The first-order chi connectivity index (χ1) is 9.27. The first kappa shape index (κ1) is 16.6. The Hall–Kier alpha value is -1.47. The number of sulfone groups is 1. The second-order valence-corrected chi connectivity index (χ2v) is 6.95. The van der Waals surface area contributed by atoms with Crippen molar-refractivity contribution in [2.24, 2.45) is 5.73 Å². The summed E-state index contributed by atoms with van der Waals surface area (Å²) in [5.41, 5.74) is 5.75. The standard InChI is InChI=1S/C13H19FN2O3S/c1-10(20(2,18)19)13(17)16(8-4-7-15)12-6-3-5-11(14)9-12/h3,5-6,9-10H,4,7-8,15H2,1-2H3. The monoisotopic (exact) mass is 302 g/mol. The third kappa shape index (κ3) is 4.28. The first-order valence-corrected chi connectivity index (χ1v) is 8.18. The molecular weight excluding hydrogens is 283 g/mol. The first-order valence-electron chi connectivity index (χ1n) is 6.23. The summed E-state index contributed by atoms with van der Waals surface area (Å²) >= 11 is 0. The highest BCUT2D eigenvalue weighted by Crippen LogP contribution is 2.18. The summed E-state index contributed by atoms with van der Waals surface area (Å²) in [5.74, 6) is -1.06. The number of carbonyl (C=O) groups excluding carboxylic acids is 1.